The maximum absolute atomic E-state index is 12.8. The first-order chi connectivity index (χ1) is 13.4. The van der Waals surface area contributed by atoms with Crippen LogP contribution in [0, 0.1) is 0 Å². The van der Waals surface area contributed by atoms with E-state index in [0.29, 0.717) is 16.1 Å². The molecule has 1 heterocycles. The number of Topliss-reactive ketones (excluding diaryl/α,β-unsaturated/α-hetero) is 1. The molecule has 0 saturated carbocycles. The number of nitrogens with zero attached hydrogens (tertiary/aromatic N) is 1. The van der Waals surface area contributed by atoms with Crippen LogP contribution in [0.3, 0.4) is 0 Å². The number of likely N-dealkylation sites (tertiary alicyclic amines) is 1. The van der Waals surface area contributed by atoms with Gasteiger partial charge in [0, 0.05) is 30.6 Å². The average molecular weight is 399 g/mol. The Hall–Kier alpha value is -3.12. The topological polar surface area (TPSA) is 86.7 Å². The van der Waals surface area contributed by atoms with Crippen LogP contribution in [-0.4, -0.2) is 40.7 Å². The van der Waals surface area contributed by atoms with Gasteiger partial charge >= 0.3 is 0 Å². The van der Waals surface area contributed by atoms with E-state index in [2.05, 4.69) is 5.32 Å². The summed E-state index contributed by atoms with van der Waals surface area (Å²) in [6.07, 6.45) is 0. The molecule has 2 N–H and O–H groups in total. The van der Waals surface area contributed by atoms with Gasteiger partial charge in [0.15, 0.2) is 0 Å². The van der Waals surface area contributed by atoms with Gasteiger partial charge < -0.3 is 15.3 Å². The highest BCUT2D eigenvalue weighted by atomic mass is 35.5. The van der Waals surface area contributed by atoms with Crippen molar-refractivity contribution in [3.63, 3.8) is 0 Å². The number of hydrogen-bond acceptors (Lipinski definition) is 4. The fraction of sp³-hybridized carbons (Fsp3) is 0.190. The number of aliphatic hydroxyl groups excluding tert-OH is 1. The molecule has 144 valence electrons. The van der Waals surface area contributed by atoms with Crippen LogP contribution in [-0.2, 0) is 14.4 Å². The number of halogens is 1. The first-order valence-corrected chi connectivity index (χ1v) is 9.11. The molecule has 1 fully saturated rings. The Morgan fingerprint density at radius 2 is 1.75 bits per heavy atom. The molecule has 0 unspecified atom stereocenters. The van der Waals surface area contributed by atoms with Crippen LogP contribution in [0.25, 0.3) is 5.76 Å². The maximum atomic E-state index is 12.8. The van der Waals surface area contributed by atoms with Crippen molar-refractivity contribution in [1.82, 2.24) is 10.2 Å². The molecular weight excluding hydrogens is 380 g/mol. The second kappa shape index (κ2) is 8.27. The third-order valence-corrected chi connectivity index (χ3v) is 4.75. The van der Waals surface area contributed by atoms with Crippen molar-refractivity contribution in [2.45, 2.75) is 13.0 Å². The molecule has 0 spiro atoms. The van der Waals surface area contributed by atoms with Crippen molar-refractivity contribution < 1.29 is 19.5 Å². The van der Waals surface area contributed by atoms with E-state index in [1.54, 1.807) is 54.6 Å². The highest BCUT2D eigenvalue weighted by Gasteiger charge is 2.45. The minimum absolute atomic E-state index is 0.0151. The van der Waals surface area contributed by atoms with Gasteiger partial charge in [0.05, 0.1) is 11.6 Å². The minimum atomic E-state index is -0.772. The Balaban J connectivity index is 2.08. The number of carbonyl (C=O) groups excluding carboxylic acids is 3. The Morgan fingerprint density at radius 3 is 2.36 bits per heavy atom. The van der Waals surface area contributed by atoms with E-state index in [4.69, 9.17) is 11.6 Å². The number of aliphatic hydroxyl groups is 1. The highest BCUT2D eigenvalue weighted by Crippen LogP contribution is 2.39. The summed E-state index contributed by atoms with van der Waals surface area (Å²) in [5.41, 5.74) is 1.10. The molecule has 7 heteroatoms. The van der Waals surface area contributed by atoms with Crippen molar-refractivity contribution in [1.29, 1.82) is 0 Å². The summed E-state index contributed by atoms with van der Waals surface area (Å²) in [4.78, 5) is 37.9. The fourth-order valence-electron chi connectivity index (χ4n) is 3.21. The Kier molecular flexibility index (Phi) is 5.80. The molecule has 2 amide bonds. The largest absolute Gasteiger partial charge is 0.507 e. The van der Waals surface area contributed by atoms with Gasteiger partial charge in [-0.2, -0.15) is 0 Å². The van der Waals surface area contributed by atoms with Gasteiger partial charge in [-0.1, -0.05) is 54.1 Å². The van der Waals surface area contributed by atoms with Crippen LogP contribution >= 0.6 is 11.6 Å². The minimum Gasteiger partial charge on any atom is -0.507 e. The summed E-state index contributed by atoms with van der Waals surface area (Å²) in [5.74, 6) is -1.95. The van der Waals surface area contributed by atoms with Crippen LogP contribution in [0.4, 0.5) is 0 Å². The second-order valence-corrected chi connectivity index (χ2v) is 6.83. The molecule has 0 aromatic heterocycles. The quantitative estimate of drug-likeness (QED) is 0.460. The number of nitrogens with one attached hydrogen (secondary N) is 1. The van der Waals surface area contributed by atoms with Crippen LogP contribution in [0.2, 0.25) is 5.02 Å². The summed E-state index contributed by atoms with van der Waals surface area (Å²) >= 11 is 5.97. The normalized spacial score (nSPS) is 18.4. The van der Waals surface area contributed by atoms with E-state index >= 15 is 0 Å². The molecule has 1 atom stereocenters. The first-order valence-electron chi connectivity index (χ1n) is 8.74. The lowest BCUT2D eigenvalue weighted by Crippen LogP contribution is -2.37. The molecule has 6 nitrogen and oxygen atoms in total. The standard InChI is InChI=1S/C21H19ClN2O4/c1-13(25)23-11-12-24-18(14-7-9-16(22)10-8-14)17(20(27)21(24)28)19(26)15-5-3-2-4-6-15/h2-10,18,26H,11-12H2,1H3,(H,23,25)/b19-17+/t18-/m1/s1. The Bertz CT molecular complexity index is 939. The van der Waals surface area contributed by atoms with Gasteiger partial charge in [0.25, 0.3) is 11.7 Å². The summed E-state index contributed by atoms with van der Waals surface area (Å²) in [6.45, 7) is 1.70. The van der Waals surface area contributed by atoms with Crippen molar-refractivity contribution in [2.24, 2.45) is 0 Å². The van der Waals surface area contributed by atoms with E-state index < -0.39 is 17.7 Å². The van der Waals surface area contributed by atoms with E-state index in [9.17, 15) is 19.5 Å². The molecule has 1 saturated heterocycles. The zero-order chi connectivity index (χ0) is 20.3. The number of ketones is 1. The van der Waals surface area contributed by atoms with Gasteiger partial charge in [-0.05, 0) is 17.7 Å². The number of amides is 2. The molecule has 3 rings (SSSR count). The Morgan fingerprint density at radius 1 is 1.11 bits per heavy atom. The van der Waals surface area contributed by atoms with Gasteiger partial charge in [0.2, 0.25) is 5.91 Å². The van der Waals surface area contributed by atoms with Crippen LogP contribution in [0.1, 0.15) is 24.1 Å². The highest BCUT2D eigenvalue weighted by molar-refractivity contribution is 6.46. The van der Waals surface area contributed by atoms with Crippen LogP contribution < -0.4 is 5.32 Å². The molecule has 2 aromatic carbocycles. The van der Waals surface area contributed by atoms with E-state index in [1.807, 2.05) is 0 Å². The van der Waals surface area contributed by atoms with E-state index in [-0.39, 0.29) is 30.3 Å². The summed E-state index contributed by atoms with van der Waals surface area (Å²) in [5, 5.41) is 13.9. The second-order valence-electron chi connectivity index (χ2n) is 6.39. The van der Waals surface area contributed by atoms with Gasteiger partial charge in [-0.15, -0.1) is 0 Å². The summed E-state index contributed by atoms with van der Waals surface area (Å²) in [7, 11) is 0. The van der Waals surface area contributed by atoms with Crippen molar-refractivity contribution >= 4 is 35.0 Å². The number of hydrogen-bond donors (Lipinski definition) is 2. The fourth-order valence-corrected chi connectivity index (χ4v) is 3.33. The number of carbonyl (C=O) groups is 3. The maximum Gasteiger partial charge on any atom is 0.295 e. The lowest BCUT2D eigenvalue weighted by Gasteiger charge is -2.25. The molecule has 2 aromatic rings. The Labute approximate surface area is 167 Å². The van der Waals surface area contributed by atoms with Crippen LogP contribution in [0.5, 0.6) is 0 Å². The molecule has 28 heavy (non-hydrogen) atoms. The van der Waals surface area contributed by atoms with E-state index in [0.717, 1.165) is 0 Å². The zero-order valence-corrected chi connectivity index (χ0v) is 15.9. The monoisotopic (exact) mass is 398 g/mol. The average Bonchev–Trinajstić information content (AvgIpc) is 2.93. The predicted molar refractivity (Wildman–Crippen MR) is 106 cm³/mol. The summed E-state index contributed by atoms with van der Waals surface area (Å²) in [6, 6.07) is 14.6. The molecule has 0 radical (unpaired) electrons. The summed E-state index contributed by atoms with van der Waals surface area (Å²) < 4.78 is 0. The SMILES string of the molecule is CC(=O)NCCN1C(=O)C(=O)/C(=C(/O)c2ccccc2)[C@H]1c1ccc(Cl)cc1. The molecule has 0 bridgehead atoms. The van der Waals surface area contributed by atoms with Crippen LogP contribution in [0.15, 0.2) is 60.2 Å². The molecular formula is C21H19ClN2O4. The van der Waals surface area contributed by atoms with Gasteiger partial charge in [0.1, 0.15) is 5.76 Å². The lowest BCUT2D eigenvalue weighted by atomic mass is 9.95. The van der Waals surface area contributed by atoms with Gasteiger partial charge in [-0.3, -0.25) is 14.4 Å². The zero-order valence-electron chi connectivity index (χ0n) is 15.2. The number of benzene rings is 2. The predicted octanol–water partition coefficient (Wildman–Crippen LogP) is 2.90. The third kappa shape index (κ3) is 3.92. The first kappa shape index (κ1) is 19.6. The smallest absolute Gasteiger partial charge is 0.295 e. The lowest BCUT2D eigenvalue weighted by molar-refractivity contribution is -0.139. The van der Waals surface area contributed by atoms with Crippen molar-refractivity contribution in [3.05, 3.63) is 76.3 Å². The molecule has 0 aliphatic carbocycles. The van der Waals surface area contributed by atoms with Gasteiger partial charge in [-0.25, -0.2) is 0 Å². The third-order valence-electron chi connectivity index (χ3n) is 4.50. The molecule has 1 aliphatic rings. The van der Waals surface area contributed by atoms with Crippen molar-refractivity contribution in [2.75, 3.05) is 13.1 Å². The molecule has 1 aliphatic heterocycles. The van der Waals surface area contributed by atoms with Crippen molar-refractivity contribution in [3.8, 4) is 0 Å². The number of rotatable bonds is 5. The van der Waals surface area contributed by atoms with E-state index in [1.165, 1.54) is 11.8 Å².